The molecule has 2 nitrogen and oxygen atoms in total. The van der Waals surface area contributed by atoms with Crippen LogP contribution in [0.3, 0.4) is 0 Å². The Hall–Kier alpha value is -1.57. The number of rotatable bonds is 1. The van der Waals surface area contributed by atoms with E-state index in [-0.39, 0.29) is 11.9 Å². The highest BCUT2D eigenvalue weighted by Crippen LogP contribution is 2.30. The van der Waals surface area contributed by atoms with Crippen LogP contribution < -0.4 is 0 Å². The van der Waals surface area contributed by atoms with Crippen LogP contribution in [0.5, 0.6) is 0 Å². The molecule has 16 heavy (non-hydrogen) atoms. The van der Waals surface area contributed by atoms with Gasteiger partial charge in [0.2, 0.25) is 0 Å². The number of benzene rings is 1. The summed E-state index contributed by atoms with van der Waals surface area (Å²) in [5.41, 5.74) is 4.53. The van der Waals surface area contributed by atoms with Crippen LogP contribution in [0.2, 0.25) is 0 Å². The van der Waals surface area contributed by atoms with Gasteiger partial charge in [-0.15, -0.1) is 0 Å². The average Bonchev–Trinajstić information content (AvgIpc) is 2.22. The predicted molar refractivity (Wildman–Crippen MR) is 63.1 cm³/mol. The zero-order chi connectivity index (χ0) is 11.7. The zero-order valence-corrected chi connectivity index (χ0v) is 9.91. The lowest BCUT2D eigenvalue weighted by molar-refractivity contribution is -0.147. The lowest BCUT2D eigenvalue weighted by atomic mass is 9.90. The van der Waals surface area contributed by atoms with E-state index in [1.54, 1.807) is 0 Å². The van der Waals surface area contributed by atoms with Crippen molar-refractivity contribution in [1.82, 2.24) is 0 Å². The fraction of sp³-hybridized carbons (Fsp3) is 0.357. The van der Waals surface area contributed by atoms with Crippen LogP contribution in [-0.2, 0) is 16.1 Å². The van der Waals surface area contributed by atoms with Crippen molar-refractivity contribution in [3.63, 3.8) is 0 Å². The molecule has 0 aromatic heterocycles. The molecule has 0 radical (unpaired) electrons. The Morgan fingerprint density at radius 3 is 2.88 bits per heavy atom. The quantitative estimate of drug-likeness (QED) is 0.532. The maximum Gasteiger partial charge on any atom is 0.317 e. The minimum atomic E-state index is -0.228. The molecule has 1 unspecified atom stereocenters. The molecule has 0 N–H and O–H groups in total. The molecule has 84 valence electrons. The van der Waals surface area contributed by atoms with Crippen molar-refractivity contribution in [3.8, 4) is 0 Å². The summed E-state index contributed by atoms with van der Waals surface area (Å²) < 4.78 is 5.17. The van der Waals surface area contributed by atoms with Crippen LogP contribution in [0, 0.1) is 6.92 Å². The maximum atomic E-state index is 11.7. The first-order valence-electron chi connectivity index (χ1n) is 5.49. The van der Waals surface area contributed by atoms with Gasteiger partial charge < -0.3 is 4.74 Å². The van der Waals surface area contributed by atoms with Gasteiger partial charge in [-0.2, -0.15) is 0 Å². The topological polar surface area (TPSA) is 26.3 Å². The molecular weight excluding hydrogens is 200 g/mol. The van der Waals surface area contributed by atoms with E-state index < -0.39 is 0 Å². The molecule has 1 aliphatic rings. The highest BCUT2D eigenvalue weighted by molar-refractivity contribution is 5.82. The number of carbonyl (C=O) groups is 1. The van der Waals surface area contributed by atoms with Gasteiger partial charge in [-0.1, -0.05) is 35.4 Å². The van der Waals surface area contributed by atoms with Crippen LogP contribution in [0.15, 0.2) is 29.8 Å². The number of allylic oxidation sites excluding steroid dienone is 1. The maximum absolute atomic E-state index is 11.7. The third-order valence-electron chi connectivity index (χ3n) is 2.76. The van der Waals surface area contributed by atoms with Crippen molar-refractivity contribution in [2.24, 2.45) is 0 Å². The highest BCUT2D eigenvalue weighted by Gasteiger charge is 2.27. The second-order valence-corrected chi connectivity index (χ2v) is 4.53. The van der Waals surface area contributed by atoms with Gasteiger partial charge in [-0.05, 0) is 31.9 Å². The summed E-state index contributed by atoms with van der Waals surface area (Å²) in [5.74, 6) is -0.368. The molecule has 1 aliphatic heterocycles. The molecular formula is C14H16O2. The van der Waals surface area contributed by atoms with Crippen LogP contribution in [-0.4, -0.2) is 5.97 Å². The highest BCUT2D eigenvalue weighted by atomic mass is 16.5. The SMILES string of the molecule is CC(C)=CC1C(=O)OCc2ccc(C)cc21. The standard InChI is InChI=1S/C14H16O2/c1-9(2)6-13-12-7-10(3)4-5-11(12)8-16-14(13)15/h4-7,13H,8H2,1-3H3. The summed E-state index contributed by atoms with van der Waals surface area (Å²) >= 11 is 0. The summed E-state index contributed by atoms with van der Waals surface area (Å²) in [7, 11) is 0. The summed E-state index contributed by atoms with van der Waals surface area (Å²) in [6, 6.07) is 6.18. The largest absolute Gasteiger partial charge is 0.460 e. The number of cyclic esters (lactones) is 1. The second-order valence-electron chi connectivity index (χ2n) is 4.53. The molecule has 0 spiro atoms. The number of ether oxygens (including phenoxy) is 1. The van der Waals surface area contributed by atoms with E-state index in [2.05, 4.69) is 12.1 Å². The molecule has 1 aromatic rings. The molecule has 1 atom stereocenters. The normalized spacial score (nSPS) is 18.7. The Labute approximate surface area is 95.9 Å². The van der Waals surface area contributed by atoms with Gasteiger partial charge in [0.15, 0.2) is 0 Å². The van der Waals surface area contributed by atoms with Crippen LogP contribution in [0.4, 0.5) is 0 Å². The Bertz CT molecular complexity index is 454. The molecule has 0 fully saturated rings. The molecule has 0 aliphatic carbocycles. The monoisotopic (exact) mass is 216 g/mol. The molecule has 0 saturated heterocycles. The van der Waals surface area contributed by atoms with Crippen molar-refractivity contribution < 1.29 is 9.53 Å². The third kappa shape index (κ3) is 2.01. The Morgan fingerprint density at radius 1 is 1.44 bits per heavy atom. The molecule has 1 aromatic carbocycles. The minimum Gasteiger partial charge on any atom is -0.460 e. The number of hydrogen-bond donors (Lipinski definition) is 0. The van der Waals surface area contributed by atoms with Crippen molar-refractivity contribution >= 4 is 5.97 Å². The lowest BCUT2D eigenvalue weighted by Gasteiger charge is -2.23. The Kier molecular flexibility index (Phi) is 2.82. The van der Waals surface area contributed by atoms with Crippen LogP contribution >= 0.6 is 0 Å². The van der Waals surface area contributed by atoms with Crippen molar-refractivity contribution in [3.05, 3.63) is 46.5 Å². The van der Waals surface area contributed by atoms with Crippen molar-refractivity contribution in [2.75, 3.05) is 0 Å². The first kappa shape index (κ1) is 10.9. The van der Waals surface area contributed by atoms with E-state index in [0.29, 0.717) is 6.61 Å². The zero-order valence-electron chi connectivity index (χ0n) is 9.91. The van der Waals surface area contributed by atoms with Crippen molar-refractivity contribution in [1.29, 1.82) is 0 Å². The molecule has 1 heterocycles. The molecule has 2 rings (SSSR count). The molecule has 0 saturated carbocycles. The van der Waals surface area contributed by atoms with Gasteiger partial charge >= 0.3 is 5.97 Å². The first-order valence-corrected chi connectivity index (χ1v) is 5.49. The number of carbonyl (C=O) groups excluding carboxylic acids is 1. The molecule has 2 heteroatoms. The van der Waals surface area contributed by atoms with Gasteiger partial charge in [-0.25, -0.2) is 0 Å². The van der Waals surface area contributed by atoms with E-state index >= 15 is 0 Å². The first-order chi connectivity index (χ1) is 7.58. The average molecular weight is 216 g/mol. The third-order valence-corrected chi connectivity index (χ3v) is 2.76. The summed E-state index contributed by atoms with van der Waals surface area (Å²) in [4.78, 5) is 11.7. The predicted octanol–water partition coefficient (Wildman–Crippen LogP) is 3.10. The second kappa shape index (κ2) is 4.12. The van der Waals surface area contributed by atoms with E-state index in [1.165, 1.54) is 5.56 Å². The van der Waals surface area contributed by atoms with Gasteiger partial charge in [0, 0.05) is 0 Å². The number of aryl methyl sites for hydroxylation is 1. The van der Waals surface area contributed by atoms with E-state index in [1.807, 2.05) is 32.9 Å². The number of hydrogen-bond acceptors (Lipinski definition) is 2. The smallest absolute Gasteiger partial charge is 0.317 e. The summed E-state index contributed by atoms with van der Waals surface area (Å²) in [6.45, 7) is 6.44. The lowest BCUT2D eigenvalue weighted by Crippen LogP contribution is -2.21. The van der Waals surface area contributed by atoms with Crippen molar-refractivity contribution in [2.45, 2.75) is 33.3 Å². The molecule has 0 amide bonds. The number of esters is 1. The summed E-state index contributed by atoms with van der Waals surface area (Å²) in [5, 5.41) is 0. The Balaban J connectivity index is 2.50. The minimum absolute atomic E-state index is 0.140. The fourth-order valence-corrected chi connectivity index (χ4v) is 1.99. The summed E-state index contributed by atoms with van der Waals surface area (Å²) in [6.07, 6.45) is 1.97. The van der Waals surface area contributed by atoms with Gasteiger partial charge in [0.1, 0.15) is 12.5 Å². The van der Waals surface area contributed by atoms with Crippen LogP contribution in [0.1, 0.15) is 36.5 Å². The molecule has 0 bridgehead atoms. The van der Waals surface area contributed by atoms with Crippen LogP contribution in [0.25, 0.3) is 0 Å². The number of fused-ring (bicyclic) bond motifs is 1. The van der Waals surface area contributed by atoms with Gasteiger partial charge in [0.05, 0.1) is 0 Å². The van der Waals surface area contributed by atoms with E-state index in [0.717, 1.165) is 16.7 Å². The van der Waals surface area contributed by atoms with Gasteiger partial charge in [0.25, 0.3) is 0 Å². The van der Waals surface area contributed by atoms with Gasteiger partial charge in [-0.3, -0.25) is 4.79 Å². The Morgan fingerprint density at radius 2 is 2.19 bits per heavy atom. The van der Waals surface area contributed by atoms with E-state index in [9.17, 15) is 4.79 Å². The fourth-order valence-electron chi connectivity index (χ4n) is 1.99. The van der Waals surface area contributed by atoms with E-state index in [4.69, 9.17) is 4.74 Å².